The number of benzodiazepines with no additional fused rings is 1. The Morgan fingerprint density at radius 3 is 2.45 bits per heavy atom. The summed E-state index contributed by atoms with van der Waals surface area (Å²) in [6.07, 6.45) is 2.25. The Labute approximate surface area is 176 Å². The number of nitrogens with two attached hydrogens (primary N) is 1. The number of benzene rings is 2. The number of aromatic nitrogens is 1. The van der Waals surface area contributed by atoms with Gasteiger partial charge in [-0.1, -0.05) is 41.4 Å². The Morgan fingerprint density at radius 1 is 1.03 bits per heavy atom. The predicted octanol–water partition coefficient (Wildman–Crippen LogP) is 3.37. The highest BCUT2D eigenvalue weighted by Crippen LogP contribution is 2.30. The van der Waals surface area contributed by atoms with E-state index < -0.39 is 12.1 Å². The molecule has 1 aliphatic heterocycles. The molecule has 1 unspecified atom stereocenters. The number of amides is 2. The van der Waals surface area contributed by atoms with E-state index in [1.807, 2.05) is 18.2 Å². The first-order valence-corrected chi connectivity index (χ1v) is 9.44. The van der Waals surface area contributed by atoms with Crippen molar-refractivity contribution < 1.29 is 14.2 Å². The summed E-state index contributed by atoms with van der Waals surface area (Å²) in [5.74, 6) is -0.891. The molecular formula is C21H15Cl2N4O2+. The van der Waals surface area contributed by atoms with Crippen LogP contribution in [0, 0.1) is 0 Å². The molecule has 1 aliphatic rings. The minimum atomic E-state index is -0.922. The fourth-order valence-corrected chi connectivity index (χ4v) is 3.50. The van der Waals surface area contributed by atoms with E-state index in [-0.39, 0.29) is 5.91 Å². The Hall–Kier alpha value is -3.22. The first kappa shape index (κ1) is 19.1. The Morgan fingerprint density at radius 2 is 1.76 bits per heavy atom. The molecule has 0 saturated heterocycles. The van der Waals surface area contributed by atoms with Crippen LogP contribution in [0.4, 0.5) is 5.69 Å². The number of nitrogens with zero attached hydrogens (tertiary/aromatic N) is 2. The fourth-order valence-electron chi connectivity index (χ4n) is 3.10. The first-order valence-electron chi connectivity index (χ1n) is 8.68. The maximum Gasteiger partial charge on any atom is 0.331 e. The summed E-state index contributed by atoms with van der Waals surface area (Å²) in [6.45, 7) is 0. The van der Waals surface area contributed by atoms with Gasteiger partial charge in [-0.15, -0.1) is 0 Å². The van der Waals surface area contributed by atoms with Gasteiger partial charge in [0, 0.05) is 33.3 Å². The number of carbonyl (C=O) groups excluding carboxylic acids is 2. The summed E-state index contributed by atoms with van der Waals surface area (Å²) in [4.78, 5) is 29.0. The Bertz CT molecular complexity index is 1160. The van der Waals surface area contributed by atoms with Crippen molar-refractivity contribution in [3.8, 4) is 0 Å². The Balaban J connectivity index is 1.91. The van der Waals surface area contributed by atoms with Gasteiger partial charge in [-0.2, -0.15) is 4.57 Å². The van der Waals surface area contributed by atoms with Gasteiger partial charge >= 0.3 is 12.1 Å². The minimum Gasteiger partial charge on any atom is -0.366 e. The molecule has 3 aromatic rings. The van der Waals surface area contributed by atoms with E-state index in [1.54, 1.807) is 41.2 Å². The largest absolute Gasteiger partial charge is 0.366 e. The van der Waals surface area contributed by atoms with Crippen LogP contribution in [0.2, 0.25) is 10.0 Å². The number of halogens is 2. The van der Waals surface area contributed by atoms with Gasteiger partial charge < -0.3 is 11.1 Å². The molecule has 0 aliphatic carbocycles. The number of aliphatic imine (C=N–C) groups is 1. The smallest absolute Gasteiger partial charge is 0.331 e. The number of primary amides is 1. The SMILES string of the molecule is NC(=O)c1cc[n+](C2N=C(c3ccccc3Cl)c3cc(Cl)ccc3NC2=O)cc1. The highest BCUT2D eigenvalue weighted by molar-refractivity contribution is 6.36. The van der Waals surface area contributed by atoms with Crippen molar-refractivity contribution in [2.45, 2.75) is 6.17 Å². The second kappa shape index (κ2) is 7.66. The van der Waals surface area contributed by atoms with Gasteiger partial charge in [0.05, 0.1) is 17.0 Å². The molecular weight excluding hydrogens is 411 g/mol. The summed E-state index contributed by atoms with van der Waals surface area (Å²) in [5, 5.41) is 3.90. The van der Waals surface area contributed by atoms with Crippen LogP contribution in [0.1, 0.15) is 27.7 Å². The third-order valence-electron chi connectivity index (χ3n) is 4.53. The van der Waals surface area contributed by atoms with Crippen LogP contribution in [0.3, 0.4) is 0 Å². The summed E-state index contributed by atoms with van der Waals surface area (Å²) in [5.41, 5.74) is 8.08. The molecule has 29 heavy (non-hydrogen) atoms. The normalized spacial score (nSPS) is 15.7. The van der Waals surface area contributed by atoms with E-state index in [1.165, 1.54) is 12.1 Å². The van der Waals surface area contributed by atoms with Crippen LogP contribution in [-0.4, -0.2) is 17.5 Å². The minimum absolute atomic E-state index is 0.334. The van der Waals surface area contributed by atoms with Crippen molar-refractivity contribution in [3.05, 3.63) is 93.7 Å². The number of fused-ring (bicyclic) bond motifs is 1. The molecule has 1 aromatic heterocycles. The van der Waals surface area contributed by atoms with Crippen LogP contribution in [-0.2, 0) is 4.79 Å². The second-order valence-electron chi connectivity index (χ2n) is 6.41. The van der Waals surface area contributed by atoms with Crippen LogP contribution in [0.25, 0.3) is 0 Å². The molecule has 0 bridgehead atoms. The summed E-state index contributed by atoms with van der Waals surface area (Å²) >= 11 is 12.6. The highest BCUT2D eigenvalue weighted by Gasteiger charge is 2.33. The molecule has 0 spiro atoms. The van der Waals surface area contributed by atoms with E-state index in [2.05, 4.69) is 5.32 Å². The molecule has 6 nitrogen and oxygen atoms in total. The topological polar surface area (TPSA) is 88.4 Å². The lowest BCUT2D eigenvalue weighted by Crippen LogP contribution is -2.44. The maximum absolute atomic E-state index is 12.9. The van der Waals surface area contributed by atoms with E-state index >= 15 is 0 Å². The third kappa shape index (κ3) is 3.72. The monoisotopic (exact) mass is 425 g/mol. The van der Waals surface area contributed by atoms with Crippen LogP contribution >= 0.6 is 23.2 Å². The standard InChI is InChI=1S/C21H14Cl2N4O2/c22-13-5-6-17-15(11-13)18(14-3-1-2-4-16(14)23)26-20(21(29)25-17)27-9-7-12(8-10-27)19(24)28/h1-11,20H,(H2-,24,25,26,28,29)/p+1. The molecule has 4 rings (SSSR count). The summed E-state index contributed by atoms with van der Waals surface area (Å²) in [7, 11) is 0. The number of hydrogen-bond donors (Lipinski definition) is 2. The molecule has 8 heteroatoms. The van der Waals surface area contributed by atoms with E-state index in [0.717, 1.165) is 0 Å². The zero-order chi connectivity index (χ0) is 20.5. The van der Waals surface area contributed by atoms with Gasteiger partial charge in [-0.25, -0.2) is 4.99 Å². The van der Waals surface area contributed by atoms with Crippen molar-refractivity contribution >= 4 is 46.4 Å². The van der Waals surface area contributed by atoms with Crippen LogP contribution in [0.15, 0.2) is 72.0 Å². The lowest BCUT2D eigenvalue weighted by atomic mass is 10.0. The molecule has 0 radical (unpaired) electrons. The summed E-state index contributed by atoms with van der Waals surface area (Å²) in [6, 6.07) is 15.5. The number of hydrogen-bond acceptors (Lipinski definition) is 3. The molecule has 0 saturated carbocycles. The number of nitrogens with one attached hydrogen (secondary N) is 1. The van der Waals surface area contributed by atoms with Gasteiger partial charge in [0.2, 0.25) is 5.91 Å². The van der Waals surface area contributed by atoms with Crippen molar-refractivity contribution in [3.63, 3.8) is 0 Å². The molecule has 0 fully saturated rings. The Kier molecular flexibility index (Phi) is 5.05. The molecule has 144 valence electrons. The van der Waals surface area contributed by atoms with Crippen molar-refractivity contribution in [2.75, 3.05) is 5.32 Å². The third-order valence-corrected chi connectivity index (χ3v) is 5.09. The average Bonchev–Trinajstić information content (AvgIpc) is 2.84. The lowest BCUT2D eigenvalue weighted by molar-refractivity contribution is -0.707. The summed E-state index contributed by atoms with van der Waals surface area (Å²) < 4.78 is 1.59. The van der Waals surface area contributed by atoms with Crippen LogP contribution in [0.5, 0.6) is 0 Å². The quantitative estimate of drug-likeness (QED) is 0.629. The number of carbonyl (C=O) groups is 2. The van der Waals surface area contributed by atoms with Crippen molar-refractivity contribution in [2.24, 2.45) is 10.7 Å². The van der Waals surface area contributed by atoms with E-state index in [9.17, 15) is 9.59 Å². The second-order valence-corrected chi connectivity index (χ2v) is 7.25. The molecule has 2 heterocycles. The van der Waals surface area contributed by atoms with Crippen LogP contribution < -0.4 is 15.6 Å². The molecule has 1 atom stereocenters. The van der Waals surface area contributed by atoms with E-state index in [0.29, 0.717) is 38.1 Å². The number of anilines is 1. The van der Waals surface area contributed by atoms with Gasteiger partial charge in [0.1, 0.15) is 0 Å². The van der Waals surface area contributed by atoms with Gasteiger partial charge in [-0.3, -0.25) is 9.59 Å². The molecule has 2 amide bonds. The average molecular weight is 426 g/mol. The number of pyridine rings is 1. The highest BCUT2D eigenvalue weighted by atomic mass is 35.5. The van der Waals surface area contributed by atoms with Gasteiger partial charge in [0.25, 0.3) is 0 Å². The lowest BCUT2D eigenvalue weighted by Gasteiger charge is -2.11. The van der Waals surface area contributed by atoms with Gasteiger partial charge in [-0.05, 0) is 24.3 Å². The molecule has 2 aromatic carbocycles. The first-order chi connectivity index (χ1) is 13.9. The van der Waals surface area contributed by atoms with Gasteiger partial charge in [0.15, 0.2) is 12.4 Å². The maximum atomic E-state index is 12.9. The fraction of sp³-hybridized carbons (Fsp3) is 0.0476. The van der Waals surface area contributed by atoms with Crippen molar-refractivity contribution in [1.29, 1.82) is 0 Å². The molecule has 3 N–H and O–H groups in total. The van der Waals surface area contributed by atoms with E-state index in [4.69, 9.17) is 33.9 Å². The predicted molar refractivity (Wildman–Crippen MR) is 111 cm³/mol. The number of rotatable bonds is 3. The zero-order valence-electron chi connectivity index (χ0n) is 15.0. The van der Waals surface area contributed by atoms with Crippen molar-refractivity contribution in [1.82, 2.24) is 0 Å². The zero-order valence-corrected chi connectivity index (χ0v) is 16.5.